The maximum Gasteiger partial charge on any atom is 0.312 e. The van der Waals surface area contributed by atoms with Crippen LogP contribution in [0.15, 0.2) is 23.6 Å². The van der Waals surface area contributed by atoms with E-state index in [-0.39, 0.29) is 5.69 Å². The van der Waals surface area contributed by atoms with Crippen molar-refractivity contribution in [2.45, 2.75) is 20.4 Å². The molecule has 0 unspecified atom stereocenters. The smallest absolute Gasteiger partial charge is 0.312 e. The van der Waals surface area contributed by atoms with Crippen LogP contribution in [0.2, 0.25) is 0 Å². The lowest BCUT2D eigenvalue weighted by Crippen LogP contribution is -2.04. The van der Waals surface area contributed by atoms with Crippen LogP contribution < -0.4 is 9.47 Å². The number of thiazole rings is 1. The molecule has 26 heavy (non-hydrogen) atoms. The molecule has 0 atom stereocenters. The third-order valence-corrected chi connectivity index (χ3v) is 4.95. The minimum absolute atomic E-state index is 0.0509. The summed E-state index contributed by atoms with van der Waals surface area (Å²) < 4.78 is 12.4. The first kappa shape index (κ1) is 17.9. The van der Waals surface area contributed by atoms with E-state index in [1.807, 2.05) is 23.6 Å². The fourth-order valence-corrected chi connectivity index (χ4v) is 3.65. The van der Waals surface area contributed by atoms with Gasteiger partial charge in [-0.1, -0.05) is 6.07 Å². The number of rotatable bonds is 6. The van der Waals surface area contributed by atoms with Crippen molar-refractivity contribution < 1.29 is 14.4 Å². The summed E-state index contributed by atoms with van der Waals surface area (Å²) in [5, 5.41) is 18.1. The number of methoxy groups -OCH3 is 2. The van der Waals surface area contributed by atoms with E-state index >= 15 is 0 Å². The van der Waals surface area contributed by atoms with Crippen LogP contribution in [0.1, 0.15) is 17.1 Å². The maximum absolute atomic E-state index is 11.1. The van der Waals surface area contributed by atoms with E-state index in [4.69, 9.17) is 9.47 Å². The molecular weight excluding hydrogens is 356 g/mol. The summed E-state index contributed by atoms with van der Waals surface area (Å²) in [6.45, 7) is 3.69. The summed E-state index contributed by atoms with van der Waals surface area (Å²) in [5.74, 6) is 1.26. The van der Waals surface area contributed by atoms with Crippen molar-refractivity contribution in [2.24, 2.45) is 0 Å². The molecule has 0 saturated heterocycles. The molecule has 0 spiro atoms. The van der Waals surface area contributed by atoms with Crippen molar-refractivity contribution in [3.8, 4) is 22.1 Å². The van der Waals surface area contributed by atoms with Crippen LogP contribution in [0.25, 0.3) is 10.6 Å². The summed E-state index contributed by atoms with van der Waals surface area (Å²) in [4.78, 5) is 15.4. The van der Waals surface area contributed by atoms with Crippen LogP contribution in [-0.2, 0) is 6.54 Å². The molecule has 0 aliphatic heterocycles. The molecule has 0 bridgehead atoms. The second-order valence-corrected chi connectivity index (χ2v) is 6.48. The number of benzene rings is 1. The van der Waals surface area contributed by atoms with Crippen LogP contribution in [0.4, 0.5) is 5.69 Å². The molecule has 0 fully saturated rings. The van der Waals surface area contributed by atoms with Gasteiger partial charge in [-0.25, -0.2) is 4.98 Å². The number of hydrogen-bond donors (Lipinski definition) is 0. The molecule has 3 rings (SSSR count). The van der Waals surface area contributed by atoms with E-state index in [2.05, 4.69) is 10.1 Å². The Morgan fingerprint density at radius 2 is 2.04 bits per heavy atom. The molecule has 0 aliphatic carbocycles. The Bertz CT molecular complexity index is 964. The van der Waals surface area contributed by atoms with E-state index in [9.17, 15) is 10.1 Å². The first-order chi connectivity index (χ1) is 12.5. The lowest BCUT2D eigenvalue weighted by molar-refractivity contribution is -0.386. The average Bonchev–Trinajstić information content (AvgIpc) is 3.18. The standard InChI is InChI=1S/C17H18N4O4S/c1-10-15(21(22)23)11(2)20(19-10)8-12-9-26-17(18-12)13-6-5-7-14(24-3)16(13)25-4/h5-7,9H,8H2,1-4H3. The van der Waals surface area contributed by atoms with E-state index in [0.717, 1.165) is 16.3 Å². The largest absolute Gasteiger partial charge is 0.493 e. The first-order valence-corrected chi connectivity index (χ1v) is 8.68. The quantitative estimate of drug-likeness (QED) is 0.483. The number of para-hydroxylation sites is 1. The summed E-state index contributed by atoms with van der Waals surface area (Å²) in [5.41, 5.74) is 2.58. The molecule has 0 N–H and O–H groups in total. The highest BCUT2D eigenvalue weighted by molar-refractivity contribution is 7.13. The third kappa shape index (κ3) is 3.13. The Balaban J connectivity index is 1.93. The highest BCUT2D eigenvalue weighted by Crippen LogP contribution is 2.39. The fourth-order valence-electron chi connectivity index (χ4n) is 2.82. The van der Waals surface area contributed by atoms with Crippen molar-refractivity contribution in [2.75, 3.05) is 14.2 Å². The van der Waals surface area contributed by atoms with Crippen LogP contribution in [-0.4, -0.2) is 33.9 Å². The van der Waals surface area contributed by atoms with E-state index in [0.29, 0.717) is 29.4 Å². The Morgan fingerprint density at radius 1 is 1.27 bits per heavy atom. The van der Waals surface area contributed by atoms with E-state index in [1.54, 1.807) is 32.7 Å². The van der Waals surface area contributed by atoms with Crippen molar-refractivity contribution in [3.63, 3.8) is 0 Å². The van der Waals surface area contributed by atoms with Crippen molar-refractivity contribution >= 4 is 17.0 Å². The zero-order valence-electron chi connectivity index (χ0n) is 14.8. The third-order valence-electron chi connectivity index (χ3n) is 4.02. The highest BCUT2D eigenvalue weighted by atomic mass is 32.1. The van der Waals surface area contributed by atoms with Gasteiger partial charge < -0.3 is 9.47 Å². The second-order valence-electron chi connectivity index (χ2n) is 5.62. The number of ether oxygens (including phenoxy) is 2. The van der Waals surface area contributed by atoms with Crippen molar-refractivity contribution in [1.82, 2.24) is 14.8 Å². The predicted molar refractivity (Wildman–Crippen MR) is 98.1 cm³/mol. The molecular formula is C17H18N4O4S. The van der Waals surface area contributed by atoms with Gasteiger partial charge in [0.05, 0.1) is 36.9 Å². The molecule has 0 radical (unpaired) electrons. The van der Waals surface area contributed by atoms with Gasteiger partial charge in [0, 0.05) is 5.38 Å². The van der Waals surface area contributed by atoms with E-state index in [1.165, 1.54) is 11.3 Å². The molecule has 3 aromatic rings. The SMILES string of the molecule is COc1cccc(-c2nc(Cn3nc(C)c([N+](=O)[O-])c3C)cs2)c1OC. The number of nitrogens with zero attached hydrogens (tertiary/aromatic N) is 4. The van der Waals surface area contributed by atoms with Crippen molar-refractivity contribution in [3.05, 3.63) is 50.8 Å². The molecule has 1 aromatic carbocycles. The van der Waals surface area contributed by atoms with Gasteiger partial charge in [-0.2, -0.15) is 5.10 Å². The van der Waals surface area contributed by atoms with Gasteiger partial charge in [0.2, 0.25) is 0 Å². The van der Waals surface area contributed by atoms with Gasteiger partial charge in [0.1, 0.15) is 16.4 Å². The highest BCUT2D eigenvalue weighted by Gasteiger charge is 2.22. The normalized spacial score (nSPS) is 10.8. The van der Waals surface area contributed by atoms with Gasteiger partial charge in [0.25, 0.3) is 0 Å². The summed E-state index contributed by atoms with van der Waals surface area (Å²) in [6, 6.07) is 5.62. The van der Waals surface area contributed by atoms with Crippen molar-refractivity contribution in [1.29, 1.82) is 0 Å². The molecule has 9 heteroatoms. The minimum Gasteiger partial charge on any atom is -0.493 e. The zero-order valence-corrected chi connectivity index (χ0v) is 15.7. The van der Waals surface area contributed by atoms with Gasteiger partial charge >= 0.3 is 5.69 Å². The van der Waals surface area contributed by atoms with Gasteiger partial charge in [0.15, 0.2) is 11.5 Å². The number of hydrogen-bond acceptors (Lipinski definition) is 7. The summed E-state index contributed by atoms with van der Waals surface area (Å²) in [6.07, 6.45) is 0. The number of aryl methyl sites for hydroxylation is 1. The fraction of sp³-hybridized carbons (Fsp3) is 0.294. The molecule has 0 saturated carbocycles. The minimum atomic E-state index is -0.401. The molecule has 136 valence electrons. The van der Waals surface area contributed by atoms with Crippen LogP contribution >= 0.6 is 11.3 Å². The Hall–Kier alpha value is -2.94. The Labute approximate surface area is 154 Å². The molecule has 0 aliphatic rings. The first-order valence-electron chi connectivity index (χ1n) is 7.80. The van der Waals surface area contributed by atoms with Crippen LogP contribution in [0.3, 0.4) is 0 Å². The summed E-state index contributed by atoms with van der Waals surface area (Å²) >= 11 is 1.47. The van der Waals surface area contributed by atoms with Crippen LogP contribution in [0.5, 0.6) is 11.5 Å². The molecule has 8 nitrogen and oxygen atoms in total. The van der Waals surface area contributed by atoms with Gasteiger partial charge in [-0.05, 0) is 26.0 Å². The van der Waals surface area contributed by atoms with Crippen LogP contribution in [0, 0.1) is 24.0 Å². The molecule has 0 amide bonds. The Kier molecular flexibility index (Phi) is 4.90. The lowest BCUT2D eigenvalue weighted by atomic mass is 10.2. The number of nitro groups is 1. The maximum atomic E-state index is 11.1. The average molecular weight is 374 g/mol. The van der Waals surface area contributed by atoms with Gasteiger partial charge in [-0.3, -0.25) is 14.8 Å². The van der Waals surface area contributed by atoms with E-state index < -0.39 is 4.92 Å². The summed E-state index contributed by atoms with van der Waals surface area (Å²) in [7, 11) is 3.18. The zero-order chi connectivity index (χ0) is 18.8. The second kappa shape index (κ2) is 7.12. The predicted octanol–water partition coefficient (Wildman–Crippen LogP) is 3.60. The lowest BCUT2D eigenvalue weighted by Gasteiger charge is -2.10. The number of aromatic nitrogens is 3. The Morgan fingerprint density at radius 3 is 2.65 bits per heavy atom. The monoisotopic (exact) mass is 374 g/mol. The van der Waals surface area contributed by atoms with Gasteiger partial charge in [-0.15, -0.1) is 11.3 Å². The topological polar surface area (TPSA) is 92.3 Å². The molecule has 2 heterocycles. The molecule has 2 aromatic heterocycles.